The van der Waals surface area contributed by atoms with E-state index in [2.05, 4.69) is 9.97 Å². The molecule has 8 heteroatoms. The standard InChI is InChI=1S/C18H14F3N3O2/c19-18(20,21)13-3-4-16(23-8-13)26-14-9-24(10-14)17(25)12-2-1-11-5-6-22-15(11)7-12/h1-8,14,22H,9-10H2. The summed E-state index contributed by atoms with van der Waals surface area (Å²) < 4.78 is 43.0. The topological polar surface area (TPSA) is 58.2 Å². The van der Waals surface area contributed by atoms with Gasteiger partial charge in [0.25, 0.3) is 5.91 Å². The fourth-order valence-electron chi connectivity index (χ4n) is 2.83. The first kappa shape index (κ1) is 16.4. The van der Waals surface area contributed by atoms with Crippen LogP contribution in [-0.4, -0.2) is 40.0 Å². The van der Waals surface area contributed by atoms with E-state index in [1.165, 1.54) is 6.07 Å². The van der Waals surface area contributed by atoms with Crippen molar-refractivity contribution in [2.75, 3.05) is 13.1 Å². The Bertz CT molecular complexity index is 944. The number of aromatic nitrogens is 2. The summed E-state index contributed by atoms with van der Waals surface area (Å²) in [6.45, 7) is 0.731. The maximum atomic E-state index is 12.5. The summed E-state index contributed by atoms with van der Waals surface area (Å²) in [5.41, 5.74) is 0.638. The Balaban J connectivity index is 1.35. The van der Waals surface area contributed by atoms with Crippen molar-refractivity contribution in [2.24, 2.45) is 0 Å². The molecule has 5 nitrogen and oxygen atoms in total. The van der Waals surface area contributed by atoms with Crippen molar-refractivity contribution in [3.8, 4) is 5.88 Å². The third-order valence-corrected chi connectivity index (χ3v) is 4.29. The Morgan fingerprint density at radius 2 is 2.00 bits per heavy atom. The second-order valence-corrected chi connectivity index (χ2v) is 6.11. The van der Waals surface area contributed by atoms with E-state index in [1.54, 1.807) is 17.0 Å². The average Bonchev–Trinajstić information content (AvgIpc) is 3.04. The first-order valence-electron chi connectivity index (χ1n) is 7.96. The predicted molar refractivity (Wildman–Crippen MR) is 87.9 cm³/mol. The minimum atomic E-state index is -4.43. The van der Waals surface area contributed by atoms with Gasteiger partial charge >= 0.3 is 6.18 Å². The van der Waals surface area contributed by atoms with Gasteiger partial charge in [-0.1, -0.05) is 6.07 Å². The lowest BCUT2D eigenvalue weighted by molar-refractivity contribution is -0.137. The molecule has 1 saturated heterocycles. The van der Waals surface area contributed by atoms with Crippen molar-refractivity contribution in [3.63, 3.8) is 0 Å². The van der Waals surface area contributed by atoms with Crippen molar-refractivity contribution < 1.29 is 22.7 Å². The molecule has 0 spiro atoms. The Morgan fingerprint density at radius 1 is 1.19 bits per heavy atom. The highest BCUT2D eigenvalue weighted by Crippen LogP contribution is 2.29. The second-order valence-electron chi connectivity index (χ2n) is 6.11. The highest BCUT2D eigenvalue weighted by atomic mass is 19.4. The van der Waals surface area contributed by atoms with Crippen LogP contribution in [0, 0.1) is 0 Å². The van der Waals surface area contributed by atoms with Crippen LogP contribution >= 0.6 is 0 Å². The van der Waals surface area contributed by atoms with Crippen LogP contribution in [0.5, 0.6) is 5.88 Å². The lowest BCUT2D eigenvalue weighted by Crippen LogP contribution is -2.56. The molecule has 0 radical (unpaired) electrons. The number of fused-ring (bicyclic) bond motifs is 1. The lowest BCUT2D eigenvalue weighted by Gasteiger charge is -2.38. The molecule has 0 bridgehead atoms. The highest BCUT2D eigenvalue weighted by Gasteiger charge is 2.34. The number of nitrogens with zero attached hydrogens (tertiary/aromatic N) is 2. The highest BCUT2D eigenvalue weighted by molar-refractivity contribution is 5.98. The molecule has 134 valence electrons. The van der Waals surface area contributed by atoms with E-state index in [9.17, 15) is 18.0 Å². The number of nitrogens with one attached hydrogen (secondary N) is 1. The molecule has 1 N–H and O–H groups in total. The summed E-state index contributed by atoms with van der Waals surface area (Å²) in [7, 11) is 0. The lowest BCUT2D eigenvalue weighted by atomic mass is 10.1. The Labute approximate surface area is 146 Å². The SMILES string of the molecule is O=C(c1ccc2cc[nH]c2c1)N1CC(Oc2ccc(C(F)(F)F)cn2)C1. The largest absolute Gasteiger partial charge is 0.471 e. The van der Waals surface area contributed by atoms with Crippen molar-refractivity contribution in [1.82, 2.24) is 14.9 Å². The number of hydrogen-bond donors (Lipinski definition) is 1. The molecule has 1 aliphatic heterocycles. The van der Waals surface area contributed by atoms with Crippen molar-refractivity contribution in [1.29, 1.82) is 0 Å². The van der Waals surface area contributed by atoms with Crippen molar-refractivity contribution in [3.05, 3.63) is 59.9 Å². The molecule has 3 heterocycles. The summed E-state index contributed by atoms with van der Waals surface area (Å²) in [5.74, 6) is 0.00429. The van der Waals surface area contributed by atoms with E-state index in [-0.39, 0.29) is 17.9 Å². The summed E-state index contributed by atoms with van der Waals surface area (Å²) in [4.78, 5) is 20.8. The number of amides is 1. The third kappa shape index (κ3) is 3.10. The zero-order valence-corrected chi connectivity index (χ0v) is 13.5. The van der Waals surface area contributed by atoms with Crippen molar-refractivity contribution in [2.45, 2.75) is 12.3 Å². The number of rotatable bonds is 3. The number of carbonyl (C=O) groups excluding carboxylic acids is 1. The molecule has 1 amide bonds. The van der Waals surface area contributed by atoms with Gasteiger partial charge in [-0.3, -0.25) is 4.79 Å². The number of H-pyrrole nitrogens is 1. The fourth-order valence-corrected chi connectivity index (χ4v) is 2.83. The predicted octanol–water partition coefficient (Wildman–Crippen LogP) is 3.49. The first-order chi connectivity index (χ1) is 12.4. The van der Waals surface area contributed by atoms with Gasteiger partial charge in [-0.2, -0.15) is 13.2 Å². The summed E-state index contributed by atoms with van der Waals surface area (Å²) >= 11 is 0. The zero-order valence-electron chi connectivity index (χ0n) is 13.5. The van der Waals surface area contributed by atoms with Gasteiger partial charge in [-0.05, 0) is 29.7 Å². The minimum Gasteiger partial charge on any atom is -0.471 e. The van der Waals surface area contributed by atoms with Crippen LogP contribution in [0.25, 0.3) is 10.9 Å². The average molecular weight is 361 g/mol. The van der Waals surface area contributed by atoms with Gasteiger partial charge in [0.2, 0.25) is 5.88 Å². The number of halogens is 3. The van der Waals surface area contributed by atoms with Crippen LogP contribution in [0.15, 0.2) is 48.8 Å². The Hall–Kier alpha value is -3.03. The molecule has 4 rings (SSSR count). The molecule has 0 unspecified atom stereocenters. The summed E-state index contributed by atoms with van der Waals surface area (Å²) in [6.07, 6.45) is -2.16. The summed E-state index contributed by atoms with van der Waals surface area (Å²) in [6, 6.07) is 9.47. The van der Waals surface area contributed by atoms with Crippen LogP contribution in [-0.2, 0) is 6.18 Å². The molecular formula is C18H14F3N3O2. The van der Waals surface area contributed by atoms with Crippen LogP contribution in [0.3, 0.4) is 0 Å². The summed E-state index contributed by atoms with van der Waals surface area (Å²) in [5, 5.41) is 1.03. The maximum absolute atomic E-state index is 12.5. The number of ether oxygens (including phenoxy) is 1. The van der Waals surface area contributed by atoms with Gasteiger partial charge in [0.05, 0.1) is 18.7 Å². The molecule has 1 aromatic carbocycles. The van der Waals surface area contributed by atoms with Crippen molar-refractivity contribution >= 4 is 16.8 Å². The van der Waals surface area contributed by atoms with Gasteiger partial charge in [-0.25, -0.2) is 4.98 Å². The molecule has 26 heavy (non-hydrogen) atoms. The number of aromatic amines is 1. The minimum absolute atomic E-state index is 0.110. The van der Waals surface area contributed by atoms with E-state index in [0.717, 1.165) is 23.2 Å². The molecule has 0 atom stereocenters. The zero-order chi connectivity index (χ0) is 18.3. The first-order valence-corrected chi connectivity index (χ1v) is 7.96. The molecular weight excluding hydrogens is 347 g/mol. The van der Waals surface area contributed by atoms with Crippen LogP contribution in [0.1, 0.15) is 15.9 Å². The number of alkyl halides is 3. The quantitative estimate of drug-likeness (QED) is 0.777. The Morgan fingerprint density at radius 3 is 2.69 bits per heavy atom. The van der Waals surface area contributed by atoms with Gasteiger partial charge in [-0.15, -0.1) is 0 Å². The Kier molecular flexibility index (Phi) is 3.82. The van der Waals surface area contributed by atoms with Crippen LogP contribution in [0.2, 0.25) is 0 Å². The molecule has 1 fully saturated rings. The number of likely N-dealkylation sites (tertiary alicyclic amines) is 1. The van der Waals surface area contributed by atoms with E-state index < -0.39 is 11.7 Å². The van der Waals surface area contributed by atoms with Gasteiger partial charge in [0, 0.05) is 29.5 Å². The monoisotopic (exact) mass is 361 g/mol. The number of carbonyl (C=O) groups is 1. The van der Waals surface area contributed by atoms with E-state index in [4.69, 9.17) is 4.74 Å². The van der Waals surface area contributed by atoms with E-state index >= 15 is 0 Å². The fraction of sp³-hybridized carbons (Fsp3) is 0.222. The molecule has 3 aromatic rings. The normalized spacial score (nSPS) is 15.1. The van der Waals surface area contributed by atoms with Crippen LogP contribution < -0.4 is 4.74 Å². The third-order valence-electron chi connectivity index (χ3n) is 4.29. The number of benzene rings is 1. The maximum Gasteiger partial charge on any atom is 0.417 e. The van der Waals surface area contributed by atoms with E-state index in [1.807, 2.05) is 18.3 Å². The molecule has 1 aliphatic rings. The molecule has 0 aliphatic carbocycles. The van der Waals surface area contributed by atoms with E-state index in [0.29, 0.717) is 18.7 Å². The number of hydrogen-bond acceptors (Lipinski definition) is 3. The van der Waals surface area contributed by atoms with Gasteiger partial charge in [0.1, 0.15) is 6.10 Å². The smallest absolute Gasteiger partial charge is 0.417 e. The number of pyridine rings is 1. The second kappa shape index (κ2) is 6.05. The van der Waals surface area contributed by atoms with Gasteiger partial charge in [0.15, 0.2) is 0 Å². The molecule has 0 saturated carbocycles. The van der Waals surface area contributed by atoms with Gasteiger partial charge < -0.3 is 14.6 Å². The molecule has 2 aromatic heterocycles. The van der Waals surface area contributed by atoms with Crippen LogP contribution in [0.4, 0.5) is 13.2 Å².